The molecule has 34 heavy (non-hydrogen) atoms. The predicted octanol–water partition coefficient (Wildman–Crippen LogP) is 5.31. The van der Waals surface area contributed by atoms with E-state index in [-0.39, 0.29) is 23.1 Å². The number of allylic oxidation sites excluding steroid dienone is 6. The topological polar surface area (TPSA) is 75.4 Å². The average molecular weight is 466 g/mol. The Labute approximate surface area is 203 Å². The molecule has 1 aromatic heterocycles. The van der Waals surface area contributed by atoms with E-state index < -0.39 is 11.3 Å². The Morgan fingerprint density at radius 1 is 1.12 bits per heavy atom. The summed E-state index contributed by atoms with van der Waals surface area (Å²) < 4.78 is 1.82. The number of fused-ring (bicyclic) bond motifs is 1. The molecule has 3 aliphatic rings. The first-order valence-corrected chi connectivity index (χ1v) is 13.0. The number of rotatable bonds is 7. The van der Waals surface area contributed by atoms with Gasteiger partial charge in [-0.25, -0.2) is 0 Å². The van der Waals surface area contributed by atoms with Crippen LogP contribution in [-0.2, 0) is 13.0 Å². The third-order valence-corrected chi connectivity index (χ3v) is 7.98. The quantitative estimate of drug-likeness (QED) is 0.592. The Hall–Kier alpha value is -2.63. The van der Waals surface area contributed by atoms with Crippen LogP contribution in [0.2, 0.25) is 0 Å². The molecule has 6 nitrogen and oxygen atoms in total. The van der Waals surface area contributed by atoms with Gasteiger partial charge in [-0.1, -0.05) is 68.9 Å². The van der Waals surface area contributed by atoms with Crippen LogP contribution in [0.5, 0.6) is 5.75 Å². The summed E-state index contributed by atoms with van der Waals surface area (Å²) in [6.07, 6.45) is 17.6. The molecular formula is C28H39N3O3. The molecule has 1 atom stereocenters. The molecule has 0 bridgehead atoms. The maximum absolute atomic E-state index is 13.0. The van der Waals surface area contributed by atoms with Crippen LogP contribution >= 0.6 is 0 Å². The number of hydrogen-bond donors (Lipinski definition) is 1. The minimum Gasteiger partial charge on any atom is -0.501 e. The van der Waals surface area contributed by atoms with Gasteiger partial charge in [0.1, 0.15) is 5.82 Å². The van der Waals surface area contributed by atoms with Gasteiger partial charge < -0.3 is 14.6 Å². The van der Waals surface area contributed by atoms with E-state index in [1.807, 2.05) is 11.5 Å². The lowest BCUT2D eigenvalue weighted by Gasteiger charge is -2.36. The number of hydrogen-bond acceptors (Lipinski definition) is 4. The molecule has 0 saturated heterocycles. The van der Waals surface area contributed by atoms with Crippen molar-refractivity contribution in [3.63, 3.8) is 0 Å². The van der Waals surface area contributed by atoms with Crippen molar-refractivity contribution in [1.29, 1.82) is 0 Å². The summed E-state index contributed by atoms with van der Waals surface area (Å²) in [6, 6.07) is -0.0331. The van der Waals surface area contributed by atoms with Gasteiger partial charge in [-0.2, -0.15) is 4.98 Å². The Morgan fingerprint density at radius 2 is 1.82 bits per heavy atom. The van der Waals surface area contributed by atoms with Gasteiger partial charge in [0.05, 0.1) is 0 Å². The number of amides is 1. The lowest BCUT2D eigenvalue weighted by molar-refractivity contribution is 0.0660. The van der Waals surface area contributed by atoms with Crippen LogP contribution in [0.1, 0.15) is 94.9 Å². The van der Waals surface area contributed by atoms with E-state index in [9.17, 15) is 14.7 Å². The summed E-state index contributed by atoms with van der Waals surface area (Å²) in [5.74, 6) is -0.214. The molecule has 2 aliphatic carbocycles. The third-order valence-electron chi connectivity index (χ3n) is 7.98. The maximum Gasteiger partial charge on any atom is 0.315 e. The first-order valence-electron chi connectivity index (χ1n) is 13.0. The van der Waals surface area contributed by atoms with Gasteiger partial charge in [0.25, 0.3) is 5.91 Å². The normalized spacial score (nSPS) is 22.1. The number of aromatic hydroxyl groups is 1. The molecule has 1 N–H and O–H groups in total. The van der Waals surface area contributed by atoms with Crippen molar-refractivity contribution in [2.75, 3.05) is 7.05 Å². The molecule has 4 rings (SSSR count). The lowest BCUT2D eigenvalue weighted by Crippen LogP contribution is -2.46. The Balaban J connectivity index is 1.82. The average Bonchev–Trinajstić information content (AvgIpc) is 3.18. The van der Waals surface area contributed by atoms with Crippen LogP contribution in [-0.4, -0.2) is 38.6 Å². The Kier molecular flexibility index (Phi) is 7.15. The molecule has 1 aliphatic heterocycles. The van der Waals surface area contributed by atoms with Crippen molar-refractivity contribution in [3.05, 3.63) is 56.8 Å². The summed E-state index contributed by atoms with van der Waals surface area (Å²) in [4.78, 5) is 31.6. The van der Waals surface area contributed by atoms with E-state index in [0.29, 0.717) is 18.8 Å². The molecule has 1 fully saturated rings. The fourth-order valence-electron chi connectivity index (χ4n) is 5.92. The highest BCUT2D eigenvalue weighted by molar-refractivity contribution is 5.95. The fourth-order valence-corrected chi connectivity index (χ4v) is 5.92. The minimum atomic E-state index is -0.700. The van der Waals surface area contributed by atoms with Crippen LogP contribution in [0, 0.1) is 5.41 Å². The number of carbonyl (C=O) groups is 1. The van der Waals surface area contributed by atoms with E-state index in [0.717, 1.165) is 57.8 Å². The van der Waals surface area contributed by atoms with Crippen molar-refractivity contribution in [2.24, 2.45) is 5.41 Å². The van der Waals surface area contributed by atoms with Crippen molar-refractivity contribution in [3.8, 4) is 5.75 Å². The molecule has 1 amide bonds. The lowest BCUT2D eigenvalue weighted by atomic mass is 9.74. The second-order valence-corrected chi connectivity index (χ2v) is 10.5. The van der Waals surface area contributed by atoms with E-state index in [1.165, 1.54) is 16.7 Å². The van der Waals surface area contributed by atoms with Gasteiger partial charge in [-0.05, 0) is 44.6 Å². The van der Waals surface area contributed by atoms with Crippen molar-refractivity contribution in [2.45, 2.75) is 97.6 Å². The maximum atomic E-state index is 13.0. The van der Waals surface area contributed by atoms with E-state index >= 15 is 0 Å². The smallest absolute Gasteiger partial charge is 0.315 e. The zero-order chi connectivity index (χ0) is 24.5. The monoisotopic (exact) mass is 465 g/mol. The number of nitrogens with zero attached hydrogens (tertiary/aromatic N) is 3. The molecule has 184 valence electrons. The first-order chi connectivity index (χ1) is 16.3. The largest absolute Gasteiger partial charge is 0.501 e. The van der Waals surface area contributed by atoms with Gasteiger partial charge in [-0.3, -0.25) is 9.59 Å². The summed E-state index contributed by atoms with van der Waals surface area (Å²) in [7, 11) is 1.72. The van der Waals surface area contributed by atoms with Gasteiger partial charge in [0.2, 0.25) is 5.75 Å². The summed E-state index contributed by atoms with van der Waals surface area (Å²) in [6.45, 7) is 6.96. The molecule has 1 saturated carbocycles. The highest BCUT2D eigenvalue weighted by Crippen LogP contribution is 2.49. The zero-order valence-electron chi connectivity index (χ0n) is 21.2. The van der Waals surface area contributed by atoms with Gasteiger partial charge in [0, 0.05) is 31.5 Å². The van der Waals surface area contributed by atoms with Crippen LogP contribution in [0.4, 0.5) is 0 Å². The van der Waals surface area contributed by atoms with E-state index in [2.05, 4.69) is 37.1 Å². The van der Waals surface area contributed by atoms with Crippen molar-refractivity contribution >= 4 is 5.91 Å². The van der Waals surface area contributed by atoms with Crippen LogP contribution in [0.15, 0.2) is 39.7 Å². The Bertz CT molecular complexity index is 1100. The fraction of sp³-hybridized carbons (Fsp3) is 0.607. The summed E-state index contributed by atoms with van der Waals surface area (Å²) in [5, 5.41) is 10.5. The highest BCUT2D eigenvalue weighted by Gasteiger charge is 2.40. The Morgan fingerprint density at radius 3 is 2.50 bits per heavy atom. The van der Waals surface area contributed by atoms with Crippen molar-refractivity contribution in [1.82, 2.24) is 14.5 Å². The molecule has 2 heterocycles. The SMILES string of the molecule is CCCC1=CCC(CCC)=CC(C2(Cc3nc(=O)c(O)c4n3CC(C)N(C)C4=O)CCCC2)=C1. The van der Waals surface area contributed by atoms with Gasteiger partial charge in [0.15, 0.2) is 5.69 Å². The molecule has 0 spiro atoms. The number of carbonyl (C=O) groups excluding carboxylic acids is 1. The highest BCUT2D eigenvalue weighted by atomic mass is 16.3. The third kappa shape index (κ3) is 4.51. The molecule has 1 aromatic rings. The van der Waals surface area contributed by atoms with Gasteiger partial charge in [-0.15, -0.1) is 0 Å². The van der Waals surface area contributed by atoms with E-state index in [1.54, 1.807) is 11.9 Å². The molecular weight excluding hydrogens is 426 g/mol. The van der Waals surface area contributed by atoms with Crippen LogP contribution in [0.25, 0.3) is 0 Å². The summed E-state index contributed by atoms with van der Waals surface area (Å²) >= 11 is 0. The number of aromatic nitrogens is 2. The predicted molar refractivity (Wildman–Crippen MR) is 135 cm³/mol. The molecule has 1 unspecified atom stereocenters. The number of likely N-dealkylation sites (N-methyl/N-ethyl adjacent to an activating group) is 1. The molecule has 6 heteroatoms. The minimum absolute atomic E-state index is 0.0331. The van der Waals surface area contributed by atoms with E-state index in [4.69, 9.17) is 0 Å². The van der Waals surface area contributed by atoms with Crippen molar-refractivity contribution < 1.29 is 9.90 Å². The van der Waals surface area contributed by atoms with Crippen LogP contribution < -0.4 is 5.56 Å². The van der Waals surface area contributed by atoms with Gasteiger partial charge >= 0.3 is 5.56 Å². The summed E-state index contributed by atoms with van der Waals surface area (Å²) in [5.41, 5.74) is 3.50. The van der Waals surface area contributed by atoms with Crippen LogP contribution in [0.3, 0.4) is 0 Å². The first kappa shape index (κ1) is 24.5. The second kappa shape index (κ2) is 9.93. The zero-order valence-corrected chi connectivity index (χ0v) is 21.2. The molecule has 0 aromatic carbocycles. The standard InChI is InChI=1S/C28H39N3O3/c1-5-9-20-11-12-21(10-6-2)16-22(15-20)28(13-7-8-14-28)17-23-29-26(33)25(32)24-27(34)30(4)19(3)18-31(23)24/h11,15-16,19,32H,5-10,12-14,17-18H2,1-4H3. The molecule has 0 radical (unpaired) electrons. The second-order valence-electron chi connectivity index (χ2n) is 10.5.